The summed E-state index contributed by atoms with van der Waals surface area (Å²) in [5, 5.41) is 0.901. The maximum atomic E-state index is 13.7. The Kier molecular flexibility index (Phi) is 5.58. The third kappa shape index (κ3) is 3.29. The SMILES string of the molecule is COc1ccc(CN2C(=O)C(Cl)(c3ccccc3Cl)c3cc(Cl)ccc32)c(OC)c1. The minimum Gasteiger partial charge on any atom is -0.497 e. The molecule has 0 spiro atoms. The Morgan fingerprint density at radius 2 is 1.70 bits per heavy atom. The second-order valence-corrected chi connectivity index (χ2v) is 8.28. The summed E-state index contributed by atoms with van der Waals surface area (Å²) >= 11 is 19.7. The number of fused-ring (bicyclic) bond motifs is 1. The number of rotatable bonds is 5. The molecule has 4 rings (SSSR count). The number of halogens is 3. The molecular weight excluding hydrogens is 445 g/mol. The number of amides is 1. The number of anilines is 1. The molecule has 4 nitrogen and oxygen atoms in total. The summed E-state index contributed by atoms with van der Waals surface area (Å²) in [6, 6.07) is 17.8. The molecule has 0 saturated carbocycles. The number of ether oxygens (including phenoxy) is 2. The quantitative estimate of drug-likeness (QED) is 0.434. The van der Waals surface area contributed by atoms with Gasteiger partial charge in [-0.25, -0.2) is 0 Å². The van der Waals surface area contributed by atoms with Crippen molar-refractivity contribution in [2.75, 3.05) is 19.1 Å². The van der Waals surface area contributed by atoms with Crippen LogP contribution in [0.1, 0.15) is 16.7 Å². The van der Waals surface area contributed by atoms with Gasteiger partial charge in [-0.15, -0.1) is 0 Å². The normalized spacial score (nSPS) is 17.8. The summed E-state index contributed by atoms with van der Waals surface area (Å²) in [5.41, 5.74) is 2.61. The lowest BCUT2D eigenvalue weighted by Gasteiger charge is -2.24. The Labute approximate surface area is 189 Å². The summed E-state index contributed by atoms with van der Waals surface area (Å²) in [7, 11) is 3.16. The van der Waals surface area contributed by atoms with Crippen molar-refractivity contribution in [3.63, 3.8) is 0 Å². The van der Waals surface area contributed by atoms with Gasteiger partial charge in [0, 0.05) is 32.8 Å². The summed E-state index contributed by atoms with van der Waals surface area (Å²) in [6.07, 6.45) is 0. The molecular formula is C23H18Cl3NO3. The van der Waals surface area contributed by atoms with Gasteiger partial charge in [-0.2, -0.15) is 0 Å². The first-order valence-corrected chi connectivity index (χ1v) is 10.3. The molecule has 1 unspecified atom stereocenters. The van der Waals surface area contributed by atoms with E-state index >= 15 is 0 Å². The van der Waals surface area contributed by atoms with Gasteiger partial charge >= 0.3 is 0 Å². The molecule has 1 heterocycles. The highest BCUT2D eigenvalue weighted by atomic mass is 35.5. The summed E-state index contributed by atoms with van der Waals surface area (Å²) < 4.78 is 10.8. The van der Waals surface area contributed by atoms with Gasteiger partial charge in [-0.1, -0.05) is 53.0 Å². The molecule has 154 valence electrons. The van der Waals surface area contributed by atoms with Crippen LogP contribution < -0.4 is 14.4 Å². The maximum Gasteiger partial charge on any atom is 0.257 e. The van der Waals surface area contributed by atoms with Crippen LogP contribution in [0.2, 0.25) is 10.0 Å². The van der Waals surface area contributed by atoms with E-state index in [0.717, 1.165) is 5.56 Å². The lowest BCUT2D eigenvalue weighted by Crippen LogP contribution is -2.37. The van der Waals surface area contributed by atoms with Crippen molar-refractivity contribution in [2.45, 2.75) is 11.4 Å². The van der Waals surface area contributed by atoms with E-state index in [0.29, 0.717) is 38.4 Å². The molecule has 3 aromatic rings. The molecule has 3 aromatic carbocycles. The van der Waals surface area contributed by atoms with Crippen LogP contribution in [0.15, 0.2) is 60.7 Å². The molecule has 30 heavy (non-hydrogen) atoms. The van der Waals surface area contributed by atoms with Crippen molar-refractivity contribution < 1.29 is 14.3 Å². The summed E-state index contributed by atoms with van der Waals surface area (Å²) in [6.45, 7) is 0.263. The number of alkyl halides is 1. The van der Waals surface area contributed by atoms with E-state index in [1.807, 2.05) is 12.1 Å². The Bertz CT molecular complexity index is 1130. The van der Waals surface area contributed by atoms with E-state index in [1.165, 1.54) is 0 Å². The fourth-order valence-corrected chi connectivity index (χ4v) is 4.66. The molecule has 1 atom stereocenters. The van der Waals surface area contributed by atoms with Gasteiger partial charge in [0.25, 0.3) is 5.91 Å². The number of methoxy groups -OCH3 is 2. The monoisotopic (exact) mass is 461 g/mol. The number of hydrogen-bond donors (Lipinski definition) is 0. The first kappa shape index (κ1) is 20.9. The molecule has 0 bridgehead atoms. The Hall–Kier alpha value is -2.40. The van der Waals surface area contributed by atoms with E-state index in [1.54, 1.807) is 67.7 Å². The molecule has 0 aliphatic carbocycles. The van der Waals surface area contributed by atoms with Gasteiger partial charge in [0.15, 0.2) is 4.87 Å². The number of nitrogens with zero attached hydrogens (tertiary/aromatic N) is 1. The lowest BCUT2D eigenvalue weighted by molar-refractivity contribution is -0.119. The molecule has 0 fully saturated rings. The largest absolute Gasteiger partial charge is 0.497 e. The van der Waals surface area contributed by atoms with Crippen molar-refractivity contribution in [1.29, 1.82) is 0 Å². The molecule has 1 amide bonds. The van der Waals surface area contributed by atoms with Crippen LogP contribution in [0.5, 0.6) is 11.5 Å². The topological polar surface area (TPSA) is 38.8 Å². The first-order chi connectivity index (χ1) is 14.4. The fourth-order valence-electron chi connectivity index (χ4n) is 3.74. The van der Waals surface area contributed by atoms with Crippen molar-refractivity contribution in [2.24, 2.45) is 0 Å². The summed E-state index contributed by atoms with van der Waals surface area (Å²) in [4.78, 5) is 13.9. The van der Waals surface area contributed by atoms with Gasteiger partial charge in [0.1, 0.15) is 11.5 Å². The lowest BCUT2D eigenvalue weighted by atomic mass is 9.91. The number of carbonyl (C=O) groups is 1. The highest BCUT2D eigenvalue weighted by Gasteiger charge is 2.52. The van der Waals surface area contributed by atoms with Gasteiger partial charge in [0.05, 0.1) is 26.5 Å². The summed E-state index contributed by atoms with van der Waals surface area (Å²) in [5.74, 6) is 0.980. The zero-order chi connectivity index (χ0) is 21.5. The van der Waals surface area contributed by atoms with Gasteiger partial charge < -0.3 is 14.4 Å². The van der Waals surface area contributed by atoms with E-state index in [4.69, 9.17) is 44.3 Å². The fraction of sp³-hybridized carbons (Fsp3) is 0.174. The van der Waals surface area contributed by atoms with E-state index in [2.05, 4.69) is 0 Å². The number of hydrogen-bond acceptors (Lipinski definition) is 3. The van der Waals surface area contributed by atoms with E-state index < -0.39 is 4.87 Å². The average Bonchev–Trinajstić information content (AvgIpc) is 2.96. The minimum absolute atomic E-state index is 0.263. The minimum atomic E-state index is -1.47. The predicted molar refractivity (Wildman–Crippen MR) is 120 cm³/mol. The molecule has 7 heteroatoms. The van der Waals surface area contributed by atoms with Crippen LogP contribution in [-0.4, -0.2) is 20.1 Å². The Balaban J connectivity index is 1.84. The van der Waals surface area contributed by atoms with E-state index in [-0.39, 0.29) is 12.5 Å². The zero-order valence-electron chi connectivity index (χ0n) is 16.3. The highest BCUT2D eigenvalue weighted by Crippen LogP contribution is 2.52. The second kappa shape index (κ2) is 8.03. The Morgan fingerprint density at radius 3 is 2.40 bits per heavy atom. The maximum absolute atomic E-state index is 13.7. The van der Waals surface area contributed by atoms with Crippen LogP contribution in [-0.2, 0) is 16.2 Å². The molecule has 0 saturated heterocycles. The third-order valence-electron chi connectivity index (χ3n) is 5.23. The van der Waals surface area contributed by atoms with Crippen molar-refractivity contribution >= 4 is 46.4 Å². The van der Waals surface area contributed by atoms with Crippen LogP contribution in [0.4, 0.5) is 5.69 Å². The number of carbonyl (C=O) groups excluding carboxylic acids is 1. The van der Waals surface area contributed by atoms with Crippen molar-refractivity contribution in [1.82, 2.24) is 0 Å². The van der Waals surface area contributed by atoms with Crippen LogP contribution in [0.25, 0.3) is 0 Å². The van der Waals surface area contributed by atoms with E-state index in [9.17, 15) is 4.79 Å². The average molecular weight is 463 g/mol. The van der Waals surface area contributed by atoms with Crippen LogP contribution in [0.3, 0.4) is 0 Å². The van der Waals surface area contributed by atoms with Gasteiger partial charge in [-0.05, 0) is 36.4 Å². The van der Waals surface area contributed by atoms with Crippen molar-refractivity contribution in [3.05, 3.63) is 87.4 Å². The molecule has 0 radical (unpaired) electrons. The van der Waals surface area contributed by atoms with Crippen molar-refractivity contribution in [3.8, 4) is 11.5 Å². The molecule has 1 aliphatic rings. The predicted octanol–water partition coefficient (Wildman–Crippen LogP) is 6.04. The number of benzene rings is 3. The highest BCUT2D eigenvalue weighted by molar-refractivity contribution is 6.44. The standard InChI is InChI=1S/C23H18Cl3NO3/c1-29-16-9-7-14(21(12-16)30-2)13-27-20-10-8-15(24)11-18(20)23(26,22(27)28)17-5-3-4-6-19(17)25/h3-12H,13H2,1-2H3. The van der Waals surface area contributed by atoms with Gasteiger partial charge in [0.2, 0.25) is 0 Å². The Morgan fingerprint density at radius 1 is 0.933 bits per heavy atom. The molecule has 0 N–H and O–H groups in total. The second-order valence-electron chi connectivity index (χ2n) is 6.87. The third-order valence-corrected chi connectivity index (χ3v) is 6.36. The molecule has 0 aromatic heterocycles. The first-order valence-electron chi connectivity index (χ1n) is 9.17. The zero-order valence-corrected chi connectivity index (χ0v) is 18.6. The van der Waals surface area contributed by atoms with Crippen LogP contribution in [0, 0.1) is 0 Å². The van der Waals surface area contributed by atoms with Gasteiger partial charge in [-0.3, -0.25) is 4.79 Å². The molecule has 1 aliphatic heterocycles. The smallest absolute Gasteiger partial charge is 0.257 e. The van der Waals surface area contributed by atoms with Crippen LogP contribution >= 0.6 is 34.8 Å².